The zero-order valence-corrected chi connectivity index (χ0v) is 15.6. The number of rotatable bonds is 2. The third-order valence-corrected chi connectivity index (χ3v) is 6.24. The molecule has 0 aromatic carbocycles. The van der Waals surface area contributed by atoms with Gasteiger partial charge < -0.3 is 10.2 Å². The summed E-state index contributed by atoms with van der Waals surface area (Å²) in [4.78, 5) is 16.7. The van der Waals surface area contributed by atoms with Gasteiger partial charge in [-0.15, -0.1) is 23.7 Å². The van der Waals surface area contributed by atoms with E-state index in [1.807, 2.05) is 35.5 Å². The molecule has 0 aliphatic carbocycles. The first-order valence-corrected chi connectivity index (χ1v) is 9.09. The number of aryl methyl sites for hydroxylation is 1. The minimum Gasteiger partial charge on any atom is -0.335 e. The van der Waals surface area contributed by atoms with Crippen molar-refractivity contribution >= 4 is 29.7 Å². The van der Waals surface area contributed by atoms with Gasteiger partial charge in [0.15, 0.2) is 0 Å². The fraction of sp³-hybridized carbons (Fsp3) is 0.529. The molecule has 0 bridgehead atoms. The van der Waals surface area contributed by atoms with Gasteiger partial charge in [-0.25, -0.2) is 0 Å². The maximum Gasteiger partial charge on any atom is 0.228 e. The Labute approximate surface area is 152 Å². The average molecular weight is 367 g/mol. The van der Waals surface area contributed by atoms with Crippen molar-refractivity contribution in [2.24, 2.45) is 13.0 Å². The molecule has 0 spiro atoms. The lowest BCUT2D eigenvalue weighted by molar-refractivity contribution is -0.138. The molecule has 4 heterocycles. The lowest BCUT2D eigenvalue weighted by Crippen LogP contribution is -2.43. The smallest absolute Gasteiger partial charge is 0.228 e. The average Bonchev–Trinajstić information content (AvgIpc) is 3.26. The largest absolute Gasteiger partial charge is 0.335 e. The molecule has 1 fully saturated rings. The van der Waals surface area contributed by atoms with Crippen molar-refractivity contribution in [2.75, 3.05) is 19.6 Å². The molecular formula is C17H23ClN4OS. The van der Waals surface area contributed by atoms with Gasteiger partial charge in [0.2, 0.25) is 5.91 Å². The summed E-state index contributed by atoms with van der Waals surface area (Å²) >= 11 is 1.81. The number of nitrogens with one attached hydrogen (secondary N) is 1. The van der Waals surface area contributed by atoms with Gasteiger partial charge in [0, 0.05) is 43.7 Å². The molecule has 1 amide bonds. The zero-order valence-electron chi connectivity index (χ0n) is 13.9. The van der Waals surface area contributed by atoms with E-state index in [2.05, 4.69) is 33.7 Å². The van der Waals surface area contributed by atoms with E-state index in [0.717, 1.165) is 31.6 Å². The molecule has 2 aliphatic heterocycles. The third-order valence-electron chi connectivity index (χ3n) is 5.24. The lowest BCUT2D eigenvalue weighted by atomic mass is 9.88. The van der Waals surface area contributed by atoms with Crippen molar-refractivity contribution < 1.29 is 4.79 Å². The highest BCUT2D eigenvalue weighted by Crippen LogP contribution is 2.36. The molecule has 0 radical (unpaired) electrons. The molecule has 2 aromatic heterocycles. The molecule has 2 aliphatic rings. The first kappa shape index (κ1) is 17.5. The highest BCUT2D eigenvalue weighted by Gasteiger charge is 2.39. The van der Waals surface area contributed by atoms with Gasteiger partial charge in [0.1, 0.15) is 0 Å². The molecule has 3 atom stereocenters. The van der Waals surface area contributed by atoms with E-state index in [1.54, 1.807) is 0 Å². The Morgan fingerprint density at radius 1 is 1.42 bits per heavy atom. The van der Waals surface area contributed by atoms with Crippen LogP contribution < -0.4 is 5.32 Å². The van der Waals surface area contributed by atoms with Gasteiger partial charge in [-0.2, -0.15) is 5.10 Å². The summed E-state index contributed by atoms with van der Waals surface area (Å²) in [6.07, 6.45) is 4.92. The van der Waals surface area contributed by atoms with Crippen LogP contribution in [0.2, 0.25) is 0 Å². The predicted molar refractivity (Wildman–Crippen MR) is 97.7 cm³/mol. The zero-order chi connectivity index (χ0) is 16.0. The van der Waals surface area contributed by atoms with Crippen LogP contribution in [0.5, 0.6) is 0 Å². The number of carbonyl (C=O) groups excluding carboxylic acids is 1. The van der Waals surface area contributed by atoms with Crippen molar-refractivity contribution in [1.82, 2.24) is 20.0 Å². The monoisotopic (exact) mass is 366 g/mol. The Morgan fingerprint density at radius 2 is 2.25 bits per heavy atom. The molecule has 7 heteroatoms. The second-order valence-electron chi connectivity index (χ2n) is 6.58. The maximum absolute atomic E-state index is 13.2. The minimum atomic E-state index is 0. The van der Waals surface area contributed by atoms with Crippen LogP contribution in [0, 0.1) is 5.92 Å². The number of halogens is 1. The van der Waals surface area contributed by atoms with Crippen molar-refractivity contribution in [3.63, 3.8) is 0 Å². The van der Waals surface area contributed by atoms with Gasteiger partial charge in [-0.3, -0.25) is 9.48 Å². The summed E-state index contributed by atoms with van der Waals surface area (Å²) in [5.74, 6) is 0.530. The van der Waals surface area contributed by atoms with Crippen LogP contribution in [0.1, 0.15) is 34.9 Å². The van der Waals surface area contributed by atoms with Gasteiger partial charge in [-0.1, -0.05) is 0 Å². The van der Waals surface area contributed by atoms with Crippen LogP contribution in [-0.2, 0) is 18.3 Å². The summed E-state index contributed by atoms with van der Waals surface area (Å²) in [5.41, 5.74) is 2.50. The number of thiophene rings is 1. The highest BCUT2D eigenvalue weighted by atomic mass is 35.5. The van der Waals surface area contributed by atoms with E-state index in [9.17, 15) is 4.79 Å². The predicted octanol–water partition coefficient (Wildman–Crippen LogP) is 2.35. The van der Waals surface area contributed by atoms with Crippen LogP contribution in [-0.4, -0.2) is 40.2 Å². The number of fused-ring (bicyclic) bond motifs is 1. The topological polar surface area (TPSA) is 50.2 Å². The van der Waals surface area contributed by atoms with Crippen LogP contribution >= 0.6 is 23.7 Å². The summed E-state index contributed by atoms with van der Waals surface area (Å²) in [6.45, 7) is 4.61. The Morgan fingerprint density at radius 3 is 3.00 bits per heavy atom. The second kappa shape index (κ2) is 6.86. The summed E-state index contributed by atoms with van der Waals surface area (Å²) < 4.78 is 1.82. The van der Waals surface area contributed by atoms with Crippen LogP contribution in [0.3, 0.4) is 0 Å². The lowest BCUT2D eigenvalue weighted by Gasteiger charge is -2.36. The molecule has 0 saturated carbocycles. The number of amides is 1. The first-order chi connectivity index (χ1) is 11.1. The van der Waals surface area contributed by atoms with E-state index >= 15 is 0 Å². The maximum atomic E-state index is 13.2. The Kier molecular flexibility index (Phi) is 4.99. The number of hydrogen-bond donors (Lipinski definition) is 1. The Balaban J connectivity index is 0.00000169. The van der Waals surface area contributed by atoms with Crippen molar-refractivity contribution in [3.05, 3.63) is 39.8 Å². The Bertz CT molecular complexity index is 728. The highest BCUT2D eigenvalue weighted by molar-refractivity contribution is 7.10. The van der Waals surface area contributed by atoms with Crippen LogP contribution in [0.25, 0.3) is 0 Å². The fourth-order valence-electron chi connectivity index (χ4n) is 3.94. The second-order valence-corrected chi connectivity index (χ2v) is 7.58. The van der Waals surface area contributed by atoms with Gasteiger partial charge in [0.05, 0.1) is 18.2 Å². The van der Waals surface area contributed by atoms with Crippen molar-refractivity contribution in [1.29, 1.82) is 0 Å². The van der Waals surface area contributed by atoms with Gasteiger partial charge >= 0.3 is 0 Å². The third kappa shape index (κ3) is 2.87. The van der Waals surface area contributed by atoms with Crippen LogP contribution in [0.4, 0.5) is 0 Å². The van der Waals surface area contributed by atoms with E-state index in [4.69, 9.17) is 0 Å². The minimum absolute atomic E-state index is 0. The molecule has 4 rings (SSSR count). The number of nitrogens with zero attached hydrogens (tertiary/aromatic N) is 3. The van der Waals surface area contributed by atoms with Gasteiger partial charge in [0.25, 0.3) is 0 Å². The van der Waals surface area contributed by atoms with E-state index in [-0.39, 0.29) is 36.2 Å². The molecule has 2 aromatic rings. The first-order valence-electron chi connectivity index (χ1n) is 8.21. The molecule has 24 heavy (non-hydrogen) atoms. The quantitative estimate of drug-likeness (QED) is 0.887. The molecular weight excluding hydrogens is 344 g/mol. The normalized spacial score (nSPS) is 26.1. The van der Waals surface area contributed by atoms with Crippen molar-refractivity contribution in [2.45, 2.75) is 25.3 Å². The van der Waals surface area contributed by atoms with E-state index in [1.165, 1.54) is 10.4 Å². The Hall–Kier alpha value is -1.37. The van der Waals surface area contributed by atoms with E-state index in [0.29, 0.717) is 0 Å². The molecule has 1 saturated heterocycles. The number of carbonyl (C=O) groups is 1. The van der Waals surface area contributed by atoms with E-state index < -0.39 is 0 Å². The van der Waals surface area contributed by atoms with Crippen LogP contribution in [0.15, 0.2) is 23.8 Å². The molecule has 1 unspecified atom stereocenters. The van der Waals surface area contributed by atoms with Crippen molar-refractivity contribution in [3.8, 4) is 0 Å². The van der Waals surface area contributed by atoms with Gasteiger partial charge in [-0.05, 0) is 35.9 Å². The summed E-state index contributed by atoms with van der Waals surface area (Å²) in [7, 11) is 1.92. The molecule has 130 valence electrons. The SMILES string of the molecule is CC1c2ccsc2CCN1C(=O)[C@H]1CNC[C@@H]1c1cnn(C)c1.Cl. The molecule has 1 N–H and O–H groups in total. The number of aromatic nitrogens is 2. The number of hydrogen-bond acceptors (Lipinski definition) is 4. The summed E-state index contributed by atoms with van der Waals surface area (Å²) in [6, 6.07) is 2.36. The molecule has 5 nitrogen and oxygen atoms in total. The summed E-state index contributed by atoms with van der Waals surface area (Å²) in [5, 5.41) is 9.81. The standard InChI is InChI=1S/C17H22N4OS.ClH/c1-11-13-4-6-23-16(13)3-5-21(11)17(22)15-9-18-8-14(15)12-7-19-20(2)10-12;/h4,6-7,10-11,14-15,18H,3,5,8-9H2,1-2H3;1H/t11?,14-,15+;/m1./s1. The fourth-order valence-corrected chi connectivity index (χ4v) is 4.91.